The number of likely N-dealkylation sites (tertiary alicyclic amines) is 1. The van der Waals surface area contributed by atoms with Gasteiger partial charge in [0.15, 0.2) is 0 Å². The third-order valence-electron chi connectivity index (χ3n) is 4.49. The summed E-state index contributed by atoms with van der Waals surface area (Å²) in [6.07, 6.45) is 1.24. The molecule has 1 aromatic carbocycles. The fraction of sp³-hybridized carbons (Fsp3) is 0.562. The van der Waals surface area contributed by atoms with Crippen molar-refractivity contribution in [3.8, 4) is 0 Å². The largest absolute Gasteiger partial charge is 0.478 e. The second-order valence-corrected chi connectivity index (χ2v) is 6.17. The van der Waals surface area contributed by atoms with E-state index in [4.69, 9.17) is 5.73 Å². The summed E-state index contributed by atoms with van der Waals surface area (Å²) in [5.41, 5.74) is 7.23. The normalized spacial score (nSPS) is 27.4. The first-order chi connectivity index (χ1) is 9.40. The van der Waals surface area contributed by atoms with Crippen molar-refractivity contribution in [3.63, 3.8) is 0 Å². The van der Waals surface area contributed by atoms with Crippen molar-refractivity contribution in [3.05, 3.63) is 29.3 Å². The average molecular weight is 276 g/mol. The first kappa shape index (κ1) is 14.9. The summed E-state index contributed by atoms with van der Waals surface area (Å²) in [6, 6.07) is 5.82. The second-order valence-electron chi connectivity index (χ2n) is 6.17. The van der Waals surface area contributed by atoms with Gasteiger partial charge in [-0.1, -0.05) is 26.0 Å². The summed E-state index contributed by atoms with van der Waals surface area (Å²) in [5, 5.41) is 9.35. The van der Waals surface area contributed by atoms with E-state index in [-0.39, 0.29) is 5.56 Å². The van der Waals surface area contributed by atoms with Crippen molar-refractivity contribution in [2.75, 3.05) is 12.3 Å². The smallest absolute Gasteiger partial charge is 0.338 e. The van der Waals surface area contributed by atoms with Crippen LogP contribution in [0.1, 0.15) is 43.1 Å². The van der Waals surface area contributed by atoms with Crippen molar-refractivity contribution in [2.24, 2.45) is 11.8 Å². The molecule has 0 saturated carbocycles. The Kier molecular flexibility index (Phi) is 4.33. The minimum atomic E-state index is -0.941. The highest BCUT2D eigenvalue weighted by Gasteiger charge is 2.29. The minimum Gasteiger partial charge on any atom is -0.478 e. The SMILES string of the molecule is CC1CC(C)C(C)N(Cc2cccc(N)c2C(=O)O)C1. The van der Waals surface area contributed by atoms with Gasteiger partial charge in [0, 0.05) is 24.8 Å². The Hall–Kier alpha value is -1.55. The molecular weight excluding hydrogens is 252 g/mol. The van der Waals surface area contributed by atoms with E-state index in [9.17, 15) is 9.90 Å². The fourth-order valence-corrected chi connectivity index (χ4v) is 3.27. The van der Waals surface area contributed by atoms with Crippen molar-refractivity contribution < 1.29 is 9.90 Å². The third-order valence-corrected chi connectivity index (χ3v) is 4.49. The van der Waals surface area contributed by atoms with Crippen LogP contribution in [-0.4, -0.2) is 28.6 Å². The molecule has 0 aliphatic carbocycles. The van der Waals surface area contributed by atoms with Crippen LogP contribution in [0.25, 0.3) is 0 Å². The molecule has 3 N–H and O–H groups in total. The molecule has 2 rings (SSSR count). The standard InChI is InChI=1S/C16H24N2O2/c1-10-7-11(2)12(3)18(8-10)9-13-5-4-6-14(17)15(13)16(19)20/h4-6,10-12H,7-9,17H2,1-3H3,(H,19,20). The Morgan fingerprint density at radius 3 is 2.75 bits per heavy atom. The zero-order valence-corrected chi connectivity index (χ0v) is 12.5. The van der Waals surface area contributed by atoms with Gasteiger partial charge in [0.2, 0.25) is 0 Å². The highest BCUT2D eigenvalue weighted by molar-refractivity contribution is 5.95. The van der Waals surface area contributed by atoms with Crippen LogP contribution in [-0.2, 0) is 6.54 Å². The van der Waals surface area contributed by atoms with Crippen LogP contribution in [0.4, 0.5) is 5.69 Å². The van der Waals surface area contributed by atoms with Crippen molar-refractivity contribution in [1.82, 2.24) is 4.90 Å². The van der Waals surface area contributed by atoms with E-state index in [1.165, 1.54) is 6.42 Å². The van der Waals surface area contributed by atoms with E-state index in [1.807, 2.05) is 12.1 Å². The lowest BCUT2D eigenvalue weighted by Gasteiger charge is -2.41. The van der Waals surface area contributed by atoms with E-state index < -0.39 is 5.97 Å². The molecule has 20 heavy (non-hydrogen) atoms. The number of nitrogens with zero attached hydrogens (tertiary/aromatic N) is 1. The number of aromatic carboxylic acids is 1. The molecule has 4 nitrogen and oxygen atoms in total. The van der Waals surface area contributed by atoms with Gasteiger partial charge < -0.3 is 10.8 Å². The molecule has 1 aliphatic heterocycles. The molecule has 110 valence electrons. The zero-order valence-electron chi connectivity index (χ0n) is 12.5. The molecule has 0 radical (unpaired) electrons. The highest BCUT2D eigenvalue weighted by Crippen LogP contribution is 2.29. The van der Waals surface area contributed by atoms with Gasteiger partial charge in [-0.25, -0.2) is 4.79 Å². The molecule has 3 unspecified atom stereocenters. The average Bonchev–Trinajstić information content (AvgIpc) is 2.35. The molecule has 1 aliphatic rings. The molecule has 1 fully saturated rings. The molecule has 0 spiro atoms. The van der Waals surface area contributed by atoms with Crippen molar-refractivity contribution >= 4 is 11.7 Å². The summed E-state index contributed by atoms with van der Waals surface area (Å²) < 4.78 is 0. The molecule has 1 heterocycles. The number of rotatable bonds is 3. The van der Waals surface area contributed by atoms with Gasteiger partial charge in [-0.3, -0.25) is 4.90 Å². The van der Waals surface area contributed by atoms with Gasteiger partial charge in [0.05, 0.1) is 5.56 Å². The van der Waals surface area contributed by atoms with Crippen LogP contribution in [0, 0.1) is 11.8 Å². The Bertz CT molecular complexity index is 501. The molecule has 4 heteroatoms. The Balaban J connectivity index is 2.25. The van der Waals surface area contributed by atoms with Crippen molar-refractivity contribution in [1.29, 1.82) is 0 Å². The predicted molar refractivity (Wildman–Crippen MR) is 80.6 cm³/mol. The number of carboxylic acids is 1. The summed E-state index contributed by atoms with van der Waals surface area (Å²) in [4.78, 5) is 13.8. The fourth-order valence-electron chi connectivity index (χ4n) is 3.27. The van der Waals surface area contributed by atoms with Crippen LogP contribution in [0.3, 0.4) is 0 Å². The van der Waals surface area contributed by atoms with Gasteiger partial charge in [-0.2, -0.15) is 0 Å². The molecule has 0 amide bonds. The summed E-state index contributed by atoms with van der Waals surface area (Å²) in [6.45, 7) is 8.42. The zero-order chi connectivity index (χ0) is 14.9. The van der Waals surface area contributed by atoms with Gasteiger partial charge in [-0.05, 0) is 36.8 Å². The highest BCUT2D eigenvalue weighted by atomic mass is 16.4. The lowest BCUT2D eigenvalue weighted by atomic mass is 9.85. The number of benzene rings is 1. The van der Waals surface area contributed by atoms with E-state index >= 15 is 0 Å². The number of carboxylic acid groups (broad SMARTS) is 1. The van der Waals surface area contributed by atoms with Gasteiger partial charge in [-0.15, -0.1) is 0 Å². The van der Waals surface area contributed by atoms with Crippen LogP contribution < -0.4 is 5.73 Å². The minimum absolute atomic E-state index is 0.255. The molecule has 3 atom stereocenters. The molecule has 1 aromatic rings. The maximum Gasteiger partial charge on any atom is 0.338 e. The maximum absolute atomic E-state index is 11.4. The van der Waals surface area contributed by atoms with Gasteiger partial charge in [0.1, 0.15) is 0 Å². The summed E-state index contributed by atoms with van der Waals surface area (Å²) >= 11 is 0. The van der Waals surface area contributed by atoms with Crippen LogP contribution in [0.2, 0.25) is 0 Å². The Morgan fingerprint density at radius 2 is 2.10 bits per heavy atom. The third kappa shape index (κ3) is 2.96. The number of carbonyl (C=O) groups is 1. The lowest BCUT2D eigenvalue weighted by molar-refractivity contribution is 0.0666. The molecule has 0 bridgehead atoms. The van der Waals surface area contributed by atoms with E-state index in [0.29, 0.717) is 30.1 Å². The summed E-state index contributed by atoms with van der Waals surface area (Å²) in [7, 11) is 0. The number of anilines is 1. The van der Waals surface area contributed by atoms with E-state index in [2.05, 4.69) is 25.7 Å². The predicted octanol–water partition coefficient (Wildman–Crippen LogP) is 2.83. The van der Waals surface area contributed by atoms with Crippen LogP contribution >= 0.6 is 0 Å². The first-order valence-corrected chi connectivity index (χ1v) is 7.24. The second kappa shape index (κ2) is 5.83. The number of piperidine rings is 1. The first-order valence-electron chi connectivity index (χ1n) is 7.24. The Morgan fingerprint density at radius 1 is 1.40 bits per heavy atom. The number of hydrogen-bond acceptors (Lipinski definition) is 3. The Labute approximate surface area is 120 Å². The number of nitrogens with two attached hydrogens (primary N) is 1. The molecule has 1 saturated heterocycles. The van der Waals surface area contributed by atoms with E-state index in [0.717, 1.165) is 12.1 Å². The van der Waals surface area contributed by atoms with Gasteiger partial charge in [0.25, 0.3) is 0 Å². The molecule has 0 aromatic heterocycles. The quantitative estimate of drug-likeness (QED) is 0.833. The molecular formula is C16H24N2O2. The number of hydrogen-bond donors (Lipinski definition) is 2. The monoisotopic (exact) mass is 276 g/mol. The van der Waals surface area contributed by atoms with Crippen molar-refractivity contribution in [2.45, 2.75) is 39.8 Å². The lowest BCUT2D eigenvalue weighted by Crippen LogP contribution is -2.45. The van der Waals surface area contributed by atoms with Crippen LogP contribution in [0.5, 0.6) is 0 Å². The summed E-state index contributed by atoms with van der Waals surface area (Å²) in [5.74, 6) is 0.340. The number of nitrogen functional groups attached to an aromatic ring is 1. The van der Waals surface area contributed by atoms with E-state index in [1.54, 1.807) is 6.07 Å². The topological polar surface area (TPSA) is 66.6 Å². The maximum atomic E-state index is 11.4. The van der Waals surface area contributed by atoms with Gasteiger partial charge >= 0.3 is 5.97 Å². The van der Waals surface area contributed by atoms with Crippen LogP contribution in [0.15, 0.2) is 18.2 Å².